The smallest absolute Gasteiger partial charge is 0.322 e. The van der Waals surface area contributed by atoms with Gasteiger partial charge in [0.2, 0.25) is 11.8 Å². The number of rotatable bonds is 16. The summed E-state index contributed by atoms with van der Waals surface area (Å²) in [5.74, 6) is -4.93. The van der Waals surface area contributed by atoms with Crippen molar-refractivity contribution in [3.8, 4) is 0 Å². The molecule has 0 spiro atoms. The second kappa shape index (κ2) is 15.4. The predicted octanol–water partition coefficient (Wildman–Crippen LogP) is 1.31. The Labute approximate surface area is 254 Å². The lowest BCUT2D eigenvalue weighted by Crippen LogP contribution is -2.50. The zero-order valence-corrected chi connectivity index (χ0v) is 24.2. The van der Waals surface area contributed by atoms with E-state index < -0.39 is 59.0 Å². The first-order valence-corrected chi connectivity index (χ1v) is 14.2. The number of nitrogens with one attached hydrogen (secondary N) is 2. The predicted molar refractivity (Wildman–Crippen MR) is 154 cm³/mol. The molecule has 2 aromatic carbocycles. The normalized spacial score (nSPS) is 14.6. The molecule has 0 aliphatic rings. The molecular weight excluding hydrogens is 607 g/mol. The molecule has 0 aliphatic carbocycles. The van der Waals surface area contributed by atoms with E-state index in [9.17, 15) is 28.7 Å². The highest BCUT2D eigenvalue weighted by Gasteiger charge is 2.44. The fraction of sp³-hybridized carbons (Fsp3) is 0.333. The number of carboxylic acids is 2. The average molecular weight is 637 g/mol. The summed E-state index contributed by atoms with van der Waals surface area (Å²) in [6.07, 6.45) is 0.766. The van der Waals surface area contributed by atoms with Gasteiger partial charge in [0, 0.05) is 22.8 Å². The molecule has 4 unspecified atom stereocenters. The summed E-state index contributed by atoms with van der Waals surface area (Å²) in [6, 6.07) is 9.23. The standard InChI is InChI=1S/C27H30ClFN6O7S/c28-19-4-2-1-3-18(19)24(39)27(13-35-15-31-14-33-35,16-5-7-17(29)8-6-16)43-12-21(25(40)32-11-23(37)38)34-22(36)10-9-20(30)26(41)42/h1-8,14-15,20-21,24,39H,9-13,30H2,(H,32,40)(H,34,36)(H,37,38)(H,41,42). The maximum Gasteiger partial charge on any atom is 0.322 e. The number of aliphatic carboxylic acids is 2. The molecule has 3 aromatic rings. The van der Waals surface area contributed by atoms with Crippen molar-refractivity contribution in [1.82, 2.24) is 25.4 Å². The minimum absolute atomic E-state index is 0.0550. The molecule has 0 radical (unpaired) electrons. The Hall–Kier alpha value is -4.05. The van der Waals surface area contributed by atoms with Crippen LogP contribution in [0.15, 0.2) is 61.2 Å². The number of hydrogen-bond donors (Lipinski definition) is 6. The number of halogens is 2. The van der Waals surface area contributed by atoms with Gasteiger partial charge < -0.3 is 31.7 Å². The quantitative estimate of drug-likeness (QED) is 0.132. The molecule has 0 saturated carbocycles. The van der Waals surface area contributed by atoms with Gasteiger partial charge in [0.25, 0.3) is 0 Å². The van der Waals surface area contributed by atoms with E-state index in [1.54, 1.807) is 24.3 Å². The van der Waals surface area contributed by atoms with Crippen LogP contribution in [0.4, 0.5) is 4.39 Å². The van der Waals surface area contributed by atoms with Crippen LogP contribution < -0.4 is 16.4 Å². The lowest BCUT2D eigenvalue weighted by molar-refractivity contribution is -0.139. The Morgan fingerprint density at radius 2 is 1.81 bits per heavy atom. The van der Waals surface area contributed by atoms with Crippen LogP contribution in [0.2, 0.25) is 5.02 Å². The fourth-order valence-corrected chi connectivity index (χ4v) is 5.91. The lowest BCUT2D eigenvalue weighted by atomic mass is 9.87. The van der Waals surface area contributed by atoms with Crippen molar-refractivity contribution in [3.05, 3.63) is 83.2 Å². The number of aromatic nitrogens is 3. The molecule has 1 heterocycles. The number of nitrogens with zero attached hydrogens (tertiary/aromatic N) is 3. The summed E-state index contributed by atoms with van der Waals surface area (Å²) < 4.78 is 14.0. The lowest BCUT2D eigenvalue weighted by Gasteiger charge is -2.39. The van der Waals surface area contributed by atoms with Gasteiger partial charge in [-0.1, -0.05) is 41.9 Å². The Kier molecular flexibility index (Phi) is 12.0. The maximum atomic E-state index is 14.0. The molecular formula is C27H30ClFN6O7S. The first-order valence-electron chi connectivity index (χ1n) is 12.8. The van der Waals surface area contributed by atoms with Gasteiger partial charge in [-0.15, -0.1) is 11.8 Å². The number of thioether (sulfide) groups is 1. The molecule has 7 N–H and O–H groups in total. The summed E-state index contributed by atoms with van der Waals surface area (Å²) >= 11 is 7.48. The Morgan fingerprint density at radius 3 is 2.42 bits per heavy atom. The number of aliphatic hydroxyl groups is 1. The number of carbonyl (C=O) groups excluding carboxylic acids is 2. The Balaban J connectivity index is 2.03. The van der Waals surface area contributed by atoms with E-state index in [2.05, 4.69) is 20.7 Å². The van der Waals surface area contributed by atoms with Gasteiger partial charge in [-0.2, -0.15) is 5.10 Å². The van der Waals surface area contributed by atoms with Gasteiger partial charge in [-0.05, 0) is 30.2 Å². The molecule has 0 fully saturated rings. The van der Waals surface area contributed by atoms with Crippen molar-refractivity contribution in [2.24, 2.45) is 5.73 Å². The maximum absolute atomic E-state index is 14.0. The van der Waals surface area contributed by atoms with E-state index in [1.165, 1.54) is 41.6 Å². The number of benzene rings is 2. The highest BCUT2D eigenvalue weighted by molar-refractivity contribution is 8.00. The second-order valence-electron chi connectivity index (χ2n) is 9.44. The molecule has 1 aromatic heterocycles. The summed E-state index contributed by atoms with van der Waals surface area (Å²) in [6.45, 7) is -0.787. The van der Waals surface area contributed by atoms with Crippen LogP contribution >= 0.6 is 23.4 Å². The van der Waals surface area contributed by atoms with E-state index in [-0.39, 0.29) is 30.2 Å². The van der Waals surface area contributed by atoms with Crippen LogP contribution in [0.25, 0.3) is 0 Å². The minimum atomic E-state index is -1.42. The fourth-order valence-electron chi connectivity index (χ4n) is 4.16. The first kappa shape index (κ1) is 33.5. The van der Waals surface area contributed by atoms with Gasteiger partial charge in [-0.25, -0.2) is 9.37 Å². The monoisotopic (exact) mass is 636 g/mol. The third-order valence-electron chi connectivity index (χ3n) is 6.41. The summed E-state index contributed by atoms with van der Waals surface area (Å²) in [7, 11) is 0. The van der Waals surface area contributed by atoms with Crippen LogP contribution in [0, 0.1) is 5.82 Å². The SMILES string of the molecule is NC(CCC(=O)NC(CSC(Cn1cncn1)(c1ccc(F)cc1)C(O)c1ccccc1Cl)C(=O)NCC(=O)O)C(=O)O. The van der Waals surface area contributed by atoms with Crippen molar-refractivity contribution in [2.75, 3.05) is 12.3 Å². The second-order valence-corrected chi connectivity index (χ2v) is 11.2. The third-order valence-corrected chi connectivity index (χ3v) is 8.36. The number of aliphatic hydroxyl groups excluding tert-OH is 1. The zero-order chi connectivity index (χ0) is 31.6. The van der Waals surface area contributed by atoms with E-state index in [0.717, 1.165) is 11.8 Å². The molecule has 43 heavy (non-hydrogen) atoms. The number of nitrogens with two attached hydrogens (primary N) is 1. The van der Waals surface area contributed by atoms with Crippen molar-refractivity contribution < 1.29 is 38.9 Å². The molecule has 13 nitrogen and oxygen atoms in total. The molecule has 0 saturated heterocycles. The van der Waals surface area contributed by atoms with E-state index in [4.69, 9.17) is 27.5 Å². The van der Waals surface area contributed by atoms with E-state index in [0.29, 0.717) is 11.1 Å². The highest BCUT2D eigenvalue weighted by atomic mass is 35.5. The highest BCUT2D eigenvalue weighted by Crippen LogP contribution is 2.49. The molecule has 0 aliphatic heterocycles. The van der Waals surface area contributed by atoms with Crippen LogP contribution in [0.3, 0.4) is 0 Å². The first-order chi connectivity index (χ1) is 20.4. The zero-order valence-electron chi connectivity index (χ0n) is 22.6. The van der Waals surface area contributed by atoms with Gasteiger partial charge in [0.1, 0.15) is 43.2 Å². The molecule has 3 rings (SSSR count). The molecule has 16 heteroatoms. The van der Waals surface area contributed by atoms with Crippen molar-refractivity contribution in [2.45, 2.75) is 42.3 Å². The molecule has 230 valence electrons. The van der Waals surface area contributed by atoms with Crippen LogP contribution in [0.5, 0.6) is 0 Å². The third kappa shape index (κ3) is 9.22. The average Bonchev–Trinajstić information content (AvgIpc) is 3.49. The van der Waals surface area contributed by atoms with E-state index in [1.807, 2.05) is 0 Å². The van der Waals surface area contributed by atoms with Crippen molar-refractivity contribution in [1.29, 1.82) is 0 Å². The summed E-state index contributed by atoms with van der Waals surface area (Å²) in [4.78, 5) is 51.9. The van der Waals surface area contributed by atoms with Crippen LogP contribution in [0.1, 0.15) is 30.1 Å². The van der Waals surface area contributed by atoms with Crippen LogP contribution in [-0.2, 0) is 30.5 Å². The summed E-state index contributed by atoms with van der Waals surface area (Å²) in [5.41, 5.74) is 6.23. The molecule has 0 bridgehead atoms. The van der Waals surface area contributed by atoms with E-state index >= 15 is 0 Å². The number of amides is 2. The topological polar surface area (TPSA) is 210 Å². The van der Waals surface area contributed by atoms with Gasteiger partial charge >= 0.3 is 11.9 Å². The van der Waals surface area contributed by atoms with Crippen molar-refractivity contribution in [3.63, 3.8) is 0 Å². The summed E-state index contributed by atoms with van der Waals surface area (Å²) in [5, 5.41) is 39.1. The largest absolute Gasteiger partial charge is 0.480 e. The van der Waals surface area contributed by atoms with Gasteiger partial charge in [-0.3, -0.25) is 23.9 Å². The van der Waals surface area contributed by atoms with Gasteiger partial charge in [0.15, 0.2) is 0 Å². The molecule has 4 atom stereocenters. The van der Waals surface area contributed by atoms with Crippen molar-refractivity contribution >= 4 is 47.1 Å². The van der Waals surface area contributed by atoms with Crippen LogP contribution in [-0.4, -0.2) is 78.2 Å². The van der Waals surface area contributed by atoms with Gasteiger partial charge in [0.05, 0.1) is 11.3 Å². The number of carbonyl (C=O) groups is 4. The number of carboxylic acid groups (broad SMARTS) is 2. The Bertz CT molecular complexity index is 1420. The number of hydrogen-bond acceptors (Lipinski definition) is 9. The Morgan fingerprint density at radius 1 is 1.12 bits per heavy atom. The minimum Gasteiger partial charge on any atom is -0.480 e. The molecule has 2 amide bonds.